The first-order valence-electron chi connectivity index (χ1n) is 5.30. The third-order valence-corrected chi connectivity index (χ3v) is 2.34. The molecule has 0 unspecified atom stereocenters. The van der Waals surface area contributed by atoms with Gasteiger partial charge >= 0.3 is 6.18 Å². The van der Waals surface area contributed by atoms with Crippen LogP contribution in [0.1, 0.15) is 19.0 Å². The van der Waals surface area contributed by atoms with Gasteiger partial charge in [-0.25, -0.2) is 0 Å². The topological polar surface area (TPSA) is 16.1 Å². The van der Waals surface area contributed by atoms with Crippen LogP contribution in [0.2, 0.25) is 5.02 Å². The van der Waals surface area contributed by atoms with Crippen LogP contribution in [-0.4, -0.2) is 29.1 Å². The lowest BCUT2D eigenvalue weighted by Crippen LogP contribution is -2.34. The van der Waals surface area contributed by atoms with E-state index in [2.05, 4.69) is 4.98 Å². The second-order valence-electron chi connectivity index (χ2n) is 3.79. The van der Waals surface area contributed by atoms with Crippen LogP contribution >= 0.6 is 11.6 Å². The third kappa shape index (κ3) is 5.89. The smallest absolute Gasteiger partial charge is 0.289 e. The van der Waals surface area contributed by atoms with Gasteiger partial charge < -0.3 is 0 Å². The lowest BCUT2D eigenvalue weighted by atomic mass is 10.3. The molecule has 0 amide bonds. The van der Waals surface area contributed by atoms with Crippen molar-refractivity contribution in [3.05, 3.63) is 29.0 Å². The molecule has 1 aromatic rings. The van der Waals surface area contributed by atoms with E-state index in [4.69, 9.17) is 11.6 Å². The Labute approximate surface area is 103 Å². The van der Waals surface area contributed by atoms with Gasteiger partial charge in [0.15, 0.2) is 0 Å². The van der Waals surface area contributed by atoms with Gasteiger partial charge in [0, 0.05) is 17.8 Å². The molecule has 96 valence electrons. The lowest BCUT2D eigenvalue weighted by molar-refractivity contribution is -0.147. The van der Waals surface area contributed by atoms with Crippen molar-refractivity contribution in [3.8, 4) is 0 Å². The Bertz CT molecular complexity index is 355. The fourth-order valence-corrected chi connectivity index (χ4v) is 1.73. The highest BCUT2D eigenvalue weighted by Gasteiger charge is 2.30. The van der Waals surface area contributed by atoms with E-state index in [1.807, 2.05) is 6.92 Å². The second-order valence-corrected chi connectivity index (χ2v) is 4.23. The quantitative estimate of drug-likeness (QED) is 0.811. The Balaban J connectivity index is 2.66. The van der Waals surface area contributed by atoms with Crippen molar-refractivity contribution in [2.75, 3.05) is 13.1 Å². The van der Waals surface area contributed by atoms with E-state index in [-0.39, 0.29) is 6.54 Å². The van der Waals surface area contributed by atoms with Crippen molar-refractivity contribution in [1.29, 1.82) is 0 Å². The van der Waals surface area contributed by atoms with Gasteiger partial charge in [0.05, 0.1) is 12.2 Å². The minimum Gasteiger partial charge on any atom is -0.289 e. The highest BCUT2D eigenvalue weighted by atomic mass is 35.5. The molecule has 0 radical (unpaired) electrons. The number of pyridine rings is 1. The van der Waals surface area contributed by atoms with E-state index < -0.39 is 12.7 Å². The van der Waals surface area contributed by atoms with Crippen molar-refractivity contribution in [2.45, 2.75) is 26.1 Å². The first-order chi connectivity index (χ1) is 7.90. The largest absolute Gasteiger partial charge is 0.401 e. The molecule has 0 bridgehead atoms. The highest BCUT2D eigenvalue weighted by molar-refractivity contribution is 6.30. The highest BCUT2D eigenvalue weighted by Crippen LogP contribution is 2.18. The van der Waals surface area contributed by atoms with E-state index >= 15 is 0 Å². The van der Waals surface area contributed by atoms with E-state index in [9.17, 15) is 13.2 Å². The lowest BCUT2D eigenvalue weighted by Gasteiger charge is -2.22. The summed E-state index contributed by atoms with van der Waals surface area (Å²) in [4.78, 5) is 5.32. The number of rotatable bonds is 5. The Kier molecular flexibility index (Phi) is 5.21. The number of hydrogen-bond donors (Lipinski definition) is 0. The number of alkyl halides is 3. The Morgan fingerprint density at radius 3 is 2.65 bits per heavy atom. The summed E-state index contributed by atoms with van der Waals surface area (Å²) in [5.41, 5.74) is 0.551. The standard InChI is InChI=1S/C11H14ClF3N2/c1-2-5-17(8-11(13,14)15)7-10-6-9(12)3-4-16-10/h3-4,6H,2,5,7-8H2,1H3. The molecular weight excluding hydrogens is 253 g/mol. The van der Waals surface area contributed by atoms with Crippen LogP contribution in [0.4, 0.5) is 13.2 Å². The predicted molar refractivity (Wildman–Crippen MR) is 60.9 cm³/mol. The van der Waals surface area contributed by atoms with Gasteiger partial charge in [-0.3, -0.25) is 9.88 Å². The van der Waals surface area contributed by atoms with Gasteiger partial charge in [0.1, 0.15) is 0 Å². The first-order valence-corrected chi connectivity index (χ1v) is 5.68. The van der Waals surface area contributed by atoms with E-state index in [0.29, 0.717) is 23.7 Å². The summed E-state index contributed by atoms with van der Waals surface area (Å²) in [6.45, 7) is 1.46. The normalized spacial score (nSPS) is 12.1. The fourth-order valence-electron chi connectivity index (χ4n) is 1.55. The van der Waals surface area contributed by atoms with E-state index in [1.165, 1.54) is 11.1 Å². The summed E-state index contributed by atoms with van der Waals surface area (Å²) in [6, 6.07) is 3.18. The van der Waals surface area contributed by atoms with Crippen LogP contribution in [0.15, 0.2) is 18.3 Å². The zero-order valence-electron chi connectivity index (χ0n) is 9.47. The molecule has 0 atom stereocenters. The molecule has 0 aromatic carbocycles. The SMILES string of the molecule is CCCN(Cc1cc(Cl)ccn1)CC(F)(F)F. The Hall–Kier alpha value is -0.810. The minimum absolute atomic E-state index is 0.161. The molecule has 0 saturated heterocycles. The molecule has 1 heterocycles. The summed E-state index contributed by atoms with van der Waals surface area (Å²) in [7, 11) is 0. The molecule has 0 aliphatic carbocycles. The number of nitrogens with zero attached hydrogens (tertiary/aromatic N) is 2. The Morgan fingerprint density at radius 2 is 2.12 bits per heavy atom. The van der Waals surface area contributed by atoms with Crippen molar-refractivity contribution >= 4 is 11.6 Å². The van der Waals surface area contributed by atoms with Crippen LogP contribution < -0.4 is 0 Å². The summed E-state index contributed by atoms with van der Waals surface area (Å²) in [6.07, 6.45) is -2.03. The molecule has 0 N–H and O–H groups in total. The summed E-state index contributed by atoms with van der Waals surface area (Å²) < 4.78 is 37.0. The van der Waals surface area contributed by atoms with Crippen LogP contribution in [-0.2, 0) is 6.54 Å². The Morgan fingerprint density at radius 1 is 1.41 bits per heavy atom. The molecular formula is C11H14ClF3N2. The third-order valence-electron chi connectivity index (χ3n) is 2.11. The van der Waals surface area contributed by atoms with Crippen molar-refractivity contribution in [1.82, 2.24) is 9.88 Å². The van der Waals surface area contributed by atoms with Crippen molar-refractivity contribution < 1.29 is 13.2 Å². The van der Waals surface area contributed by atoms with Crippen molar-refractivity contribution in [2.24, 2.45) is 0 Å². The second kappa shape index (κ2) is 6.21. The summed E-state index contributed by atoms with van der Waals surface area (Å²) >= 11 is 5.76. The van der Waals surface area contributed by atoms with Gasteiger partial charge in [0.25, 0.3) is 0 Å². The van der Waals surface area contributed by atoms with Crippen LogP contribution in [0, 0.1) is 0 Å². The molecule has 0 spiro atoms. The first kappa shape index (κ1) is 14.3. The summed E-state index contributed by atoms with van der Waals surface area (Å²) in [5, 5.41) is 0.485. The fraction of sp³-hybridized carbons (Fsp3) is 0.545. The van der Waals surface area contributed by atoms with Crippen molar-refractivity contribution in [3.63, 3.8) is 0 Å². The maximum atomic E-state index is 12.3. The number of hydrogen-bond acceptors (Lipinski definition) is 2. The molecule has 2 nitrogen and oxygen atoms in total. The maximum absolute atomic E-state index is 12.3. The minimum atomic E-state index is -4.19. The molecule has 17 heavy (non-hydrogen) atoms. The zero-order chi connectivity index (χ0) is 12.9. The van der Waals surface area contributed by atoms with Gasteiger partial charge in [0.2, 0.25) is 0 Å². The van der Waals surface area contributed by atoms with Crippen LogP contribution in [0.5, 0.6) is 0 Å². The van der Waals surface area contributed by atoms with E-state index in [1.54, 1.807) is 12.1 Å². The molecule has 1 rings (SSSR count). The van der Waals surface area contributed by atoms with Gasteiger partial charge in [-0.15, -0.1) is 0 Å². The predicted octanol–water partition coefficient (Wildman–Crippen LogP) is 3.51. The molecule has 0 fully saturated rings. The molecule has 6 heteroatoms. The number of aromatic nitrogens is 1. The maximum Gasteiger partial charge on any atom is 0.401 e. The van der Waals surface area contributed by atoms with Gasteiger partial charge in [-0.2, -0.15) is 13.2 Å². The molecule has 0 aliphatic rings. The molecule has 1 aromatic heterocycles. The van der Waals surface area contributed by atoms with Gasteiger partial charge in [-0.05, 0) is 25.1 Å². The molecule has 0 saturated carbocycles. The monoisotopic (exact) mass is 266 g/mol. The van der Waals surface area contributed by atoms with E-state index in [0.717, 1.165) is 0 Å². The zero-order valence-corrected chi connectivity index (χ0v) is 10.2. The van der Waals surface area contributed by atoms with Gasteiger partial charge in [-0.1, -0.05) is 18.5 Å². The van der Waals surface area contributed by atoms with Crippen LogP contribution in [0.3, 0.4) is 0 Å². The average molecular weight is 267 g/mol. The molecule has 0 aliphatic heterocycles. The average Bonchev–Trinajstić information content (AvgIpc) is 2.15. The van der Waals surface area contributed by atoms with Crippen LogP contribution in [0.25, 0.3) is 0 Å². The number of halogens is 4. The summed E-state index contributed by atoms with van der Waals surface area (Å²) in [5.74, 6) is 0.